The van der Waals surface area contributed by atoms with Crippen LogP contribution < -0.4 is 0 Å². The number of hydrogen-bond donors (Lipinski definition) is 1. The summed E-state index contributed by atoms with van der Waals surface area (Å²) in [6, 6.07) is 17.8. The van der Waals surface area contributed by atoms with E-state index < -0.39 is 5.41 Å². The third-order valence-electron chi connectivity index (χ3n) is 5.72. The van der Waals surface area contributed by atoms with Gasteiger partial charge >= 0.3 is 0 Å². The number of fused-ring (bicyclic) bond motifs is 1. The monoisotopic (exact) mass is 346 g/mol. The molecule has 1 aromatic heterocycles. The second kappa shape index (κ2) is 6.45. The van der Waals surface area contributed by atoms with Gasteiger partial charge in [-0.25, -0.2) is 0 Å². The van der Waals surface area contributed by atoms with Crippen molar-refractivity contribution >= 4 is 22.6 Å². The van der Waals surface area contributed by atoms with Crippen LogP contribution in [0, 0.1) is 0 Å². The molecule has 1 aliphatic heterocycles. The summed E-state index contributed by atoms with van der Waals surface area (Å²) in [7, 11) is 0. The molecule has 132 valence electrons. The first-order chi connectivity index (χ1) is 12.6. The molecule has 1 N–H and O–H groups in total. The number of benzene rings is 2. The number of piperidine rings is 1. The molecule has 1 amide bonds. The van der Waals surface area contributed by atoms with E-state index in [4.69, 9.17) is 0 Å². The van der Waals surface area contributed by atoms with Crippen LogP contribution in [0.15, 0.2) is 60.8 Å². The van der Waals surface area contributed by atoms with Crippen molar-refractivity contribution in [2.75, 3.05) is 13.1 Å². The molecule has 4 rings (SSSR count). The minimum atomic E-state index is -0.474. The largest absolute Gasteiger partial charge is 0.360 e. The molecule has 4 nitrogen and oxygen atoms in total. The molecular weight excluding hydrogens is 324 g/mol. The number of hydrogen-bond acceptors (Lipinski definition) is 2. The maximum Gasteiger partial charge on any atom is 0.256 e. The SMILES string of the molecule is CC(=O)C1(c2ccccc2)CCN(C(=O)c2c[nH]c3ccccc23)CC1. The van der Waals surface area contributed by atoms with Crippen molar-refractivity contribution in [1.82, 2.24) is 9.88 Å². The van der Waals surface area contributed by atoms with Crippen LogP contribution >= 0.6 is 0 Å². The molecule has 3 aromatic rings. The van der Waals surface area contributed by atoms with E-state index in [1.807, 2.05) is 59.5 Å². The van der Waals surface area contributed by atoms with Gasteiger partial charge in [-0.05, 0) is 31.4 Å². The molecule has 2 aromatic carbocycles. The number of nitrogens with zero attached hydrogens (tertiary/aromatic N) is 1. The van der Waals surface area contributed by atoms with Crippen molar-refractivity contribution in [1.29, 1.82) is 0 Å². The van der Waals surface area contributed by atoms with Gasteiger partial charge in [-0.2, -0.15) is 0 Å². The van der Waals surface area contributed by atoms with Crippen molar-refractivity contribution in [3.05, 3.63) is 71.9 Å². The van der Waals surface area contributed by atoms with Crippen LogP contribution in [-0.2, 0) is 10.2 Å². The first-order valence-corrected chi connectivity index (χ1v) is 9.04. The number of carbonyl (C=O) groups is 2. The van der Waals surface area contributed by atoms with Crippen molar-refractivity contribution in [3.63, 3.8) is 0 Å². The predicted molar refractivity (Wildman–Crippen MR) is 102 cm³/mol. The van der Waals surface area contributed by atoms with Crippen LogP contribution in [0.2, 0.25) is 0 Å². The predicted octanol–water partition coefficient (Wildman–Crippen LogP) is 3.93. The van der Waals surface area contributed by atoms with Gasteiger partial charge in [-0.1, -0.05) is 48.5 Å². The Bertz CT molecular complexity index is 950. The lowest BCUT2D eigenvalue weighted by atomic mass is 9.70. The summed E-state index contributed by atoms with van der Waals surface area (Å²) < 4.78 is 0. The number of para-hydroxylation sites is 1. The van der Waals surface area contributed by atoms with Gasteiger partial charge in [0.1, 0.15) is 5.78 Å². The molecule has 0 unspecified atom stereocenters. The Hall–Kier alpha value is -2.88. The van der Waals surface area contributed by atoms with E-state index in [9.17, 15) is 9.59 Å². The van der Waals surface area contributed by atoms with Crippen LogP contribution in [0.25, 0.3) is 10.9 Å². The van der Waals surface area contributed by atoms with Gasteiger partial charge in [0, 0.05) is 30.2 Å². The minimum Gasteiger partial charge on any atom is -0.360 e. The summed E-state index contributed by atoms with van der Waals surface area (Å²) in [5.74, 6) is 0.218. The zero-order valence-corrected chi connectivity index (χ0v) is 14.9. The van der Waals surface area contributed by atoms with Crippen LogP contribution in [0.4, 0.5) is 0 Å². The van der Waals surface area contributed by atoms with Crippen LogP contribution in [0.1, 0.15) is 35.7 Å². The van der Waals surface area contributed by atoms with Crippen molar-refractivity contribution in [3.8, 4) is 0 Å². The fourth-order valence-electron chi connectivity index (χ4n) is 4.11. The molecule has 2 heterocycles. The van der Waals surface area contributed by atoms with Gasteiger partial charge in [-0.15, -0.1) is 0 Å². The Kier molecular flexibility index (Phi) is 4.11. The Labute approximate surface area is 152 Å². The van der Waals surface area contributed by atoms with Crippen molar-refractivity contribution in [2.24, 2.45) is 0 Å². The molecule has 1 saturated heterocycles. The highest BCUT2D eigenvalue weighted by molar-refractivity contribution is 6.06. The van der Waals surface area contributed by atoms with Gasteiger partial charge in [0.25, 0.3) is 5.91 Å². The van der Waals surface area contributed by atoms with Crippen molar-refractivity contribution in [2.45, 2.75) is 25.2 Å². The van der Waals surface area contributed by atoms with E-state index in [0.29, 0.717) is 31.5 Å². The number of nitrogens with one attached hydrogen (secondary N) is 1. The fourth-order valence-corrected chi connectivity index (χ4v) is 4.11. The number of carbonyl (C=O) groups excluding carboxylic acids is 2. The summed E-state index contributed by atoms with van der Waals surface area (Å²) in [6.45, 7) is 2.85. The number of aromatic nitrogens is 1. The molecule has 0 radical (unpaired) electrons. The third kappa shape index (κ3) is 2.62. The number of Topliss-reactive ketones (excluding diaryl/α,β-unsaturated/α-hetero) is 1. The first-order valence-electron chi connectivity index (χ1n) is 9.04. The second-order valence-electron chi connectivity index (χ2n) is 7.04. The number of ketones is 1. The lowest BCUT2D eigenvalue weighted by Crippen LogP contribution is -2.48. The highest BCUT2D eigenvalue weighted by Gasteiger charge is 2.41. The van der Waals surface area contributed by atoms with E-state index in [1.165, 1.54) is 0 Å². The Morgan fingerprint density at radius 3 is 2.31 bits per heavy atom. The van der Waals surface area contributed by atoms with Crippen molar-refractivity contribution < 1.29 is 9.59 Å². The van der Waals surface area contributed by atoms with E-state index in [0.717, 1.165) is 16.5 Å². The molecule has 26 heavy (non-hydrogen) atoms. The number of aromatic amines is 1. The molecule has 0 spiro atoms. The van der Waals surface area contributed by atoms with Gasteiger partial charge in [0.15, 0.2) is 0 Å². The summed E-state index contributed by atoms with van der Waals surface area (Å²) in [6.07, 6.45) is 3.12. The number of amides is 1. The van der Waals surface area contributed by atoms with Gasteiger partial charge in [0.2, 0.25) is 0 Å². The van der Waals surface area contributed by atoms with E-state index in [1.54, 1.807) is 13.1 Å². The highest BCUT2D eigenvalue weighted by Crippen LogP contribution is 2.37. The number of rotatable bonds is 3. The fraction of sp³-hybridized carbons (Fsp3) is 0.273. The smallest absolute Gasteiger partial charge is 0.256 e. The Balaban J connectivity index is 1.58. The summed E-state index contributed by atoms with van der Waals surface area (Å²) in [5.41, 5.74) is 2.26. The topological polar surface area (TPSA) is 53.2 Å². The Morgan fingerprint density at radius 2 is 1.62 bits per heavy atom. The maximum atomic E-state index is 13.0. The van der Waals surface area contributed by atoms with Gasteiger partial charge < -0.3 is 9.88 Å². The zero-order valence-electron chi connectivity index (χ0n) is 14.9. The lowest BCUT2D eigenvalue weighted by molar-refractivity contribution is -0.124. The van der Waals surface area contributed by atoms with Gasteiger partial charge in [0.05, 0.1) is 11.0 Å². The molecule has 0 bridgehead atoms. The van der Waals surface area contributed by atoms with E-state index in [-0.39, 0.29) is 11.7 Å². The first kappa shape index (κ1) is 16.6. The standard InChI is InChI=1S/C22H22N2O2/c1-16(25)22(17-7-3-2-4-8-17)11-13-24(14-12-22)21(26)19-15-23-20-10-6-5-9-18(19)20/h2-10,15,23H,11-14H2,1H3. The maximum absolute atomic E-state index is 13.0. The average Bonchev–Trinajstić information content (AvgIpc) is 3.12. The lowest BCUT2D eigenvalue weighted by Gasteiger charge is -2.40. The molecule has 1 fully saturated rings. The molecular formula is C22H22N2O2. The molecule has 4 heteroatoms. The van der Waals surface area contributed by atoms with Crippen LogP contribution in [-0.4, -0.2) is 34.7 Å². The number of H-pyrrole nitrogens is 1. The van der Waals surface area contributed by atoms with Crippen LogP contribution in [0.3, 0.4) is 0 Å². The third-order valence-corrected chi connectivity index (χ3v) is 5.72. The van der Waals surface area contributed by atoms with E-state index in [2.05, 4.69) is 4.98 Å². The Morgan fingerprint density at radius 1 is 0.962 bits per heavy atom. The quantitative estimate of drug-likeness (QED) is 0.781. The van der Waals surface area contributed by atoms with Gasteiger partial charge in [-0.3, -0.25) is 9.59 Å². The average molecular weight is 346 g/mol. The summed E-state index contributed by atoms with van der Waals surface area (Å²) in [4.78, 5) is 30.5. The van der Waals surface area contributed by atoms with E-state index >= 15 is 0 Å². The number of likely N-dealkylation sites (tertiary alicyclic amines) is 1. The second-order valence-corrected chi connectivity index (χ2v) is 7.04. The summed E-state index contributed by atoms with van der Waals surface area (Å²) in [5, 5.41) is 0.948. The molecule has 0 aliphatic carbocycles. The summed E-state index contributed by atoms with van der Waals surface area (Å²) >= 11 is 0. The zero-order chi connectivity index (χ0) is 18.1. The normalized spacial score (nSPS) is 16.6. The minimum absolute atomic E-state index is 0.0349. The molecule has 0 saturated carbocycles. The molecule has 1 aliphatic rings. The van der Waals surface area contributed by atoms with Crippen LogP contribution in [0.5, 0.6) is 0 Å². The molecule has 0 atom stereocenters. The highest BCUT2D eigenvalue weighted by atomic mass is 16.2.